The molecule has 1 saturated carbocycles. The number of anilines is 1. The quantitative estimate of drug-likeness (QED) is 0.892. The van der Waals surface area contributed by atoms with E-state index in [0.29, 0.717) is 0 Å². The van der Waals surface area contributed by atoms with E-state index in [-0.39, 0.29) is 28.3 Å². The van der Waals surface area contributed by atoms with Gasteiger partial charge < -0.3 is 5.32 Å². The normalized spacial score (nSPS) is 22.8. The van der Waals surface area contributed by atoms with Gasteiger partial charge in [-0.15, -0.1) is 0 Å². The van der Waals surface area contributed by atoms with Gasteiger partial charge in [-0.05, 0) is 37.0 Å². The first kappa shape index (κ1) is 14.9. The van der Waals surface area contributed by atoms with Crippen LogP contribution in [-0.4, -0.2) is 14.3 Å². The maximum absolute atomic E-state index is 13.3. The molecule has 0 aliphatic heterocycles. The van der Waals surface area contributed by atoms with Gasteiger partial charge in [-0.1, -0.05) is 13.3 Å². The van der Waals surface area contributed by atoms with Crippen LogP contribution in [-0.2, 0) is 14.8 Å². The summed E-state index contributed by atoms with van der Waals surface area (Å²) in [6.07, 6.45) is 2.68. The Morgan fingerprint density at radius 1 is 1.40 bits per heavy atom. The SMILES string of the molecule is CC1CCCC1C(=O)Nc1cc(F)ccc1S(N)(=O)=O. The van der Waals surface area contributed by atoms with Gasteiger partial charge in [0.25, 0.3) is 0 Å². The number of hydrogen-bond acceptors (Lipinski definition) is 3. The molecule has 1 aliphatic carbocycles. The first-order chi connectivity index (χ1) is 9.29. The molecular formula is C13H17FN2O3S. The lowest BCUT2D eigenvalue weighted by Crippen LogP contribution is -2.26. The van der Waals surface area contributed by atoms with Gasteiger partial charge in [-0.3, -0.25) is 4.79 Å². The zero-order chi connectivity index (χ0) is 14.9. The van der Waals surface area contributed by atoms with Crippen molar-refractivity contribution >= 4 is 21.6 Å². The number of nitrogens with two attached hydrogens (primary N) is 1. The lowest BCUT2D eigenvalue weighted by molar-refractivity contribution is -0.120. The molecule has 2 unspecified atom stereocenters. The first-order valence-corrected chi connectivity index (χ1v) is 7.97. The van der Waals surface area contributed by atoms with Crippen molar-refractivity contribution in [1.29, 1.82) is 0 Å². The summed E-state index contributed by atoms with van der Waals surface area (Å²) >= 11 is 0. The highest BCUT2D eigenvalue weighted by atomic mass is 32.2. The van der Waals surface area contributed by atoms with Crippen molar-refractivity contribution in [2.24, 2.45) is 17.0 Å². The van der Waals surface area contributed by atoms with Crippen molar-refractivity contribution in [3.05, 3.63) is 24.0 Å². The minimum absolute atomic E-state index is 0.100. The lowest BCUT2D eigenvalue weighted by atomic mass is 9.97. The molecule has 1 fully saturated rings. The number of halogens is 1. The second-order valence-electron chi connectivity index (χ2n) is 5.19. The van der Waals surface area contributed by atoms with Gasteiger partial charge >= 0.3 is 0 Å². The summed E-state index contributed by atoms with van der Waals surface area (Å²) in [5, 5.41) is 7.55. The van der Waals surface area contributed by atoms with Crippen LogP contribution in [0.5, 0.6) is 0 Å². The van der Waals surface area contributed by atoms with Gasteiger partial charge in [0.1, 0.15) is 10.7 Å². The van der Waals surface area contributed by atoms with E-state index >= 15 is 0 Å². The van der Waals surface area contributed by atoms with Gasteiger partial charge in [0.2, 0.25) is 15.9 Å². The van der Waals surface area contributed by atoms with E-state index in [1.807, 2.05) is 6.92 Å². The zero-order valence-corrected chi connectivity index (χ0v) is 11.9. The van der Waals surface area contributed by atoms with Crippen LogP contribution in [0.2, 0.25) is 0 Å². The summed E-state index contributed by atoms with van der Waals surface area (Å²) < 4.78 is 36.1. The van der Waals surface area contributed by atoms with Gasteiger partial charge in [0, 0.05) is 5.92 Å². The largest absolute Gasteiger partial charge is 0.325 e. The van der Waals surface area contributed by atoms with Crippen LogP contribution in [0.4, 0.5) is 10.1 Å². The molecule has 1 aromatic carbocycles. The van der Waals surface area contributed by atoms with Crippen molar-refractivity contribution in [2.45, 2.75) is 31.1 Å². The summed E-state index contributed by atoms with van der Waals surface area (Å²) in [5.74, 6) is -0.856. The van der Waals surface area contributed by atoms with Crippen LogP contribution in [0.1, 0.15) is 26.2 Å². The fraction of sp³-hybridized carbons (Fsp3) is 0.462. The molecule has 1 aliphatic rings. The number of hydrogen-bond donors (Lipinski definition) is 2. The number of amides is 1. The van der Waals surface area contributed by atoms with Crippen molar-refractivity contribution in [3.8, 4) is 0 Å². The van der Waals surface area contributed by atoms with Crippen LogP contribution in [0.25, 0.3) is 0 Å². The molecule has 7 heteroatoms. The molecule has 0 radical (unpaired) electrons. The van der Waals surface area contributed by atoms with Crippen LogP contribution in [0.3, 0.4) is 0 Å². The first-order valence-electron chi connectivity index (χ1n) is 6.42. The van der Waals surface area contributed by atoms with Crippen molar-refractivity contribution in [3.63, 3.8) is 0 Å². The number of carbonyl (C=O) groups excluding carboxylic acids is 1. The van der Waals surface area contributed by atoms with Crippen molar-refractivity contribution < 1.29 is 17.6 Å². The highest BCUT2D eigenvalue weighted by Gasteiger charge is 2.30. The molecule has 0 saturated heterocycles. The Hall–Kier alpha value is -1.47. The Morgan fingerprint density at radius 2 is 2.10 bits per heavy atom. The zero-order valence-electron chi connectivity index (χ0n) is 11.1. The van der Waals surface area contributed by atoms with Crippen molar-refractivity contribution in [2.75, 3.05) is 5.32 Å². The Balaban J connectivity index is 2.29. The van der Waals surface area contributed by atoms with E-state index in [4.69, 9.17) is 5.14 Å². The third-order valence-corrected chi connectivity index (χ3v) is 4.67. The molecule has 2 atom stereocenters. The molecule has 0 heterocycles. The molecule has 2 rings (SSSR count). The number of benzene rings is 1. The van der Waals surface area contributed by atoms with Gasteiger partial charge in [-0.25, -0.2) is 17.9 Å². The standard InChI is InChI=1S/C13H17FN2O3S/c1-8-3-2-4-10(8)13(17)16-11-7-9(14)5-6-12(11)20(15,18)19/h5-8,10H,2-4H2,1H3,(H,16,17)(H2,15,18,19). The maximum Gasteiger partial charge on any atom is 0.240 e. The fourth-order valence-corrected chi connectivity index (χ4v) is 3.28. The van der Waals surface area contributed by atoms with Crippen LogP contribution < -0.4 is 10.5 Å². The van der Waals surface area contributed by atoms with Crippen LogP contribution >= 0.6 is 0 Å². The summed E-state index contributed by atoms with van der Waals surface area (Å²) in [6, 6.07) is 3.02. The molecule has 20 heavy (non-hydrogen) atoms. The fourth-order valence-electron chi connectivity index (χ4n) is 2.61. The molecule has 1 amide bonds. The molecule has 110 valence electrons. The van der Waals surface area contributed by atoms with E-state index in [2.05, 4.69) is 5.32 Å². The molecule has 0 aromatic heterocycles. The summed E-state index contributed by atoms with van der Waals surface area (Å²) in [5.41, 5.74) is -0.100. The second kappa shape index (κ2) is 5.49. The monoisotopic (exact) mass is 300 g/mol. The summed E-state index contributed by atoms with van der Waals surface area (Å²) in [4.78, 5) is 11.9. The number of primary sulfonamides is 1. The molecular weight excluding hydrogens is 283 g/mol. The molecule has 1 aromatic rings. The average Bonchev–Trinajstić information content (AvgIpc) is 2.73. The maximum atomic E-state index is 13.3. The Bertz CT molecular complexity index is 631. The van der Waals surface area contributed by atoms with Crippen LogP contribution in [0, 0.1) is 17.7 Å². The Kier molecular flexibility index (Phi) is 4.10. The average molecular weight is 300 g/mol. The van der Waals surface area contributed by atoms with Crippen LogP contribution in [0.15, 0.2) is 23.1 Å². The third kappa shape index (κ3) is 3.16. The highest BCUT2D eigenvalue weighted by molar-refractivity contribution is 7.89. The predicted octanol–water partition coefficient (Wildman–Crippen LogP) is 1.85. The smallest absolute Gasteiger partial charge is 0.240 e. The van der Waals surface area contributed by atoms with E-state index < -0.39 is 15.8 Å². The minimum atomic E-state index is -4.01. The Morgan fingerprint density at radius 3 is 2.65 bits per heavy atom. The number of sulfonamides is 1. The highest BCUT2D eigenvalue weighted by Crippen LogP contribution is 2.32. The minimum Gasteiger partial charge on any atom is -0.325 e. The number of carbonyl (C=O) groups is 1. The predicted molar refractivity (Wildman–Crippen MR) is 72.9 cm³/mol. The van der Waals surface area contributed by atoms with Gasteiger partial charge in [0.15, 0.2) is 0 Å². The van der Waals surface area contributed by atoms with E-state index in [1.54, 1.807) is 0 Å². The molecule has 0 spiro atoms. The lowest BCUT2D eigenvalue weighted by Gasteiger charge is -2.16. The van der Waals surface area contributed by atoms with Crippen molar-refractivity contribution in [1.82, 2.24) is 0 Å². The van der Waals surface area contributed by atoms with Gasteiger partial charge in [-0.2, -0.15) is 0 Å². The molecule has 5 nitrogen and oxygen atoms in total. The van der Waals surface area contributed by atoms with E-state index in [0.717, 1.165) is 37.5 Å². The third-order valence-electron chi connectivity index (χ3n) is 3.70. The Labute approximate surface area is 117 Å². The van der Waals surface area contributed by atoms with Gasteiger partial charge in [0.05, 0.1) is 5.69 Å². The number of rotatable bonds is 3. The molecule has 0 bridgehead atoms. The van der Waals surface area contributed by atoms with E-state index in [9.17, 15) is 17.6 Å². The number of nitrogens with one attached hydrogen (secondary N) is 1. The summed E-state index contributed by atoms with van der Waals surface area (Å²) in [7, 11) is -4.01. The van der Waals surface area contributed by atoms with E-state index in [1.165, 1.54) is 0 Å². The topological polar surface area (TPSA) is 89.3 Å². The molecule has 3 N–H and O–H groups in total. The summed E-state index contributed by atoms with van der Waals surface area (Å²) in [6.45, 7) is 1.98. The second-order valence-corrected chi connectivity index (χ2v) is 6.72.